The van der Waals surface area contributed by atoms with Crippen LogP contribution < -0.4 is 4.90 Å². The first-order valence-electron chi connectivity index (χ1n) is 6.60. The molecule has 104 valence electrons. The van der Waals surface area contributed by atoms with Crippen LogP contribution >= 0.6 is 0 Å². The van der Waals surface area contributed by atoms with E-state index in [1.54, 1.807) is 16.7 Å². The maximum atomic E-state index is 12.1. The number of nitrogens with zero attached hydrogens (tertiary/aromatic N) is 4. The highest BCUT2D eigenvalue weighted by molar-refractivity contribution is 7.90. The summed E-state index contributed by atoms with van der Waals surface area (Å²) in [5, 5.41) is -0.113. The van der Waals surface area contributed by atoms with E-state index in [0.717, 1.165) is 24.4 Å². The quantitative estimate of drug-likeness (QED) is 0.803. The Morgan fingerprint density at radius 2 is 1.84 bits per heavy atom. The Morgan fingerprint density at radius 3 is 2.42 bits per heavy atom. The second-order valence-electron chi connectivity index (χ2n) is 5.15. The number of hydrogen-bond acceptors (Lipinski definition) is 5. The fourth-order valence-corrected chi connectivity index (χ4v) is 4.18. The monoisotopic (exact) mass is 282 g/mol. The number of anilines is 1. The Labute approximate surface area is 113 Å². The molecule has 1 aliphatic heterocycles. The number of sulfonamides is 1. The highest BCUT2D eigenvalue weighted by atomic mass is 32.2. The molecule has 0 atom stereocenters. The van der Waals surface area contributed by atoms with Gasteiger partial charge in [0.05, 0.1) is 17.1 Å². The van der Waals surface area contributed by atoms with Crippen molar-refractivity contribution in [3.8, 4) is 0 Å². The van der Waals surface area contributed by atoms with Crippen LogP contribution in [0.4, 0.5) is 5.82 Å². The highest BCUT2D eigenvalue weighted by Crippen LogP contribution is 2.31. The van der Waals surface area contributed by atoms with Gasteiger partial charge in [-0.3, -0.25) is 4.98 Å². The van der Waals surface area contributed by atoms with Gasteiger partial charge in [0.2, 0.25) is 10.0 Å². The maximum absolute atomic E-state index is 12.1. The van der Waals surface area contributed by atoms with Gasteiger partial charge >= 0.3 is 0 Å². The van der Waals surface area contributed by atoms with E-state index in [9.17, 15) is 8.42 Å². The van der Waals surface area contributed by atoms with E-state index < -0.39 is 10.0 Å². The van der Waals surface area contributed by atoms with Gasteiger partial charge in [0.15, 0.2) is 0 Å². The minimum atomic E-state index is -3.03. The topological polar surface area (TPSA) is 66.4 Å². The molecule has 7 heteroatoms. The van der Waals surface area contributed by atoms with E-state index in [-0.39, 0.29) is 5.25 Å². The van der Waals surface area contributed by atoms with E-state index in [2.05, 4.69) is 14.9 Å². The Hall–Kier alpha value is -1.21. The van der Waals surface area contributed by atoms with Crippen molar-refractivity contribution in [2.45, 2.75) is 25.0 Å². The van der Waals surface area contributed by atoms with Crippen LogP contribution in [0.1, 0.15) is 18.5 Å². The first-order valence-corrected chi connectivity index (χ1v) is 8.10. The summed E-state index contributed by atoms with van der Waals surface area (Å²) in [6.07, 6.45) is 5.10. The molecule has 1 saturated carbocycles. The van der Waals surface area contributed by atoms with Gasteiger partial charge in [-0.15, -0.1) is 0 Å². The van der Waals surface area contributed by atoms with Crippen molar-refractivity contribution in [1.29, 1.82) is 0 Å². The normalized spacial score (nSPS) is 21.6. The molecule has 1 aromatic heterocycles. The van der Waals surface area contributed by atoms with Crippen LogP contribution in [0.2, 0.25) is 0 Å². The third kappa shape index (κ3) is 2.57. The Kier molecular flexibility index (Phi) is 3.18. The zero-order chi connectivity index (χ0) is 13.5. The molecule has 19 heavy (non-hydrogen) atoms. The van der Waals surface area contributed by atoms with Gasteiger partial charge in [-0.05, 0) is 19.8 Å². The van der Waals surface area contributed by atoms with Gasteiger partial charge in [-0.25, -0.2) is 13.4 Å². The Bertz CT molecular complexity index is 563. The van der Waals surface area contributed by atoms with Crippen molar-refractivity contribution >= 4 is 15.8 Å². The van der Waals surface area contributed by atoms with Gasteiger partial charge < -0.3 is 4.90 Å². The standard InChI is InChI=1S/C12H18N4O2S/c1-10-8-13-9-12(14-10)15-4-6-16(7-5-15)19(17,18)11-2-3-11/h8-9,11H,2-7H2,1H3. The molecule has 0 spiro atoms. The SMILES string of the molecule is Cc1cncc(N2CCN(S(=O)(=O)C3CC3)CC2)n1. The lowest BCUT2D eigenvalue weighted by molar-refractivity contribution is 0.383. The van der Waals surface area contributed by atoms with Crippen molar-refractivity contribution in [2.24, 2.45) is 0 Å². The Balaban J connectivity index is 1.66. The molecule has 0 unspecified atom stereocenters. The molecule has 3 rings (SSSR count). The maximum Gasteiger partial charge on any atom is 0.217 e. The summed E-state index contributed by atoms with van der Waals surface area (Å²) in [5.74, 6) is 0.837. The molecule has 0 bridgehead atoms. The average Bonchev–Trinajstić information content (AvgIpc) is 3.23. The molecule has 2 heterocycles. The molecular formula is C12H18N4O2S. The Morgan fingerprint density at radius 1 is 1.16 bits per heavy atom. The second kappa shape index (κ2) is 4.72. The number of rotatable bonds is 3. The third-order valence-corrected chi connectivity index (χ3v) is 6.01. The van der Waals surface area contributed by atoms with Crippen molar-refractivity contribution in [2.75, 3.05) is 31.1 Å². The largest absolute Gasteiger partial charge is 0.353 e. The number of piperazine rings is 1. The van der Waals surface area contributed by atoms with Crippen LogP contribution in [0.15, 0.2) is 12.4 Å². The van der Waals surface area contributed by atoms with Crippen LogP contribution in [0.5, 0.6) is 0 Å². The van der Waals surface area contributed by atoms with Crippen molar-refractivity contribution in [3.05, 3.63) is 18.1 Å². The van der Waals surface area contributed by atoms with Crippen molar-refractivity contribution < 1.29 is 8.42 Å². The van der Waals surface area contributed by atoms with E-state index >= 15 is 0 Å². The molecule has 1 saturated heterocycles. The average molecular weight is 282 g/mol. The highest BCUT2D eigenvalue weighted by Gasteiger charge is 2.41. The zero-order valence-electron chi connectivity index (χ0n) is 11.0. The van der Waals surface area contributed by atoms with Gasteiger partial charge in [0, 0.05) is 32.4 Å². The smallest absolute Gasteiger partial charge is 0.217 e. The van der Waals surface area contributed by atoms with E-state index in [4.69, 9.17) is 0 Å². The number of aryl methyl sites for hydroxylation is 1. The van der Waals surface area contributed by atoms with Crippen LogP contribution in [0.3, 0.4) is 0 Å². The molecule has 2 aliphatic rings. The molecule has 1 aromatic rings. The van der Waals surface area contributed by atoms with Gasteiger partial charge in [0.1, 0.15) is 5.82 Å². The number of hydrogen-bond donors (Lipinski definition) is 0. The molecule has 6 nitrogen and oxygen atoms in total. The van der Waals surface area contributed by atoms with Crippen molar-refractivity contribution in [1.82, 2.24) is 14.3 Å². The molecular weight excluding hydrogens is 264 g/mol. The van der Waals surface area contributed by atoms with Crippen LogP contribution in [-0.4, -0.2) is 54.1 Å². The van der Waals surface area contributed by atoms with Gasteiger partial charge in [-0.1, -0.05) is 0 Å². The zero-order valence-corrected chi connectivity index (χ0v) is 11.8. The summed E-state index contributed by atoms with van der Waals surface area (Å²) < 4.78 is 25.9. The van der Waals surface area contributed by atoms with Crippen LogP contribution in [0, 0.1) is 6.92 Å². The van der Waals surface area contributed by atoms with E-state index in [1.165, 1.54) is 0 Å². The lowest BCUT2D eigenvalue weighted by Gasteiger charge is -2.34. The van der Waals surface area contributed by atoms with Crippen LogP contribution in [0.25, 0.3) is 0 Å². The van der Waals surface area contributed by atoms with Gasteiger partial charge in [-0.2, -0.15) is 4.31 Å². The summed E-state index contributed by atoms with van der Waals surface area (Å²) in [5.41, 5.74) is 0.880. The lowest BCUT2D eigenvalue weighted by atomic mass is 10.3. The number of aromatic nitrogens is 2. The molecule has 1 aliphatic carbocycles. The molecule has 0 radical (unpaired) electrons. The fourth-order valence-electron chi connectivity index (χ4n) is 2.35. The molecule has 0 N–H and O–H groups in total. The first kappa shape index (κ1) is 12.8. The van der Waals surface area contributed by atoms with Crippen LogP contribution in [-0.2, 0) is 10.0 Å². The predicted molar refractivity (Wildman–Crippen MR) is 72.5 cm³/mol. The molecule has 0 amide bonds. The fraction of sp³-hybridized carbons (Fsp3) is 0.667. The minimum absolute atomic E-state index is 0.113. The summed E-state index contributed by atoms with van der Waals surface area (Å²) in [7, 11) is -3.03. The molecule has 0 aromatic carbocycles. The van der Waals surface area contributed by atoms with Gasteiger partial charge in [0.25, 0.3) is 0 Å². The second-order valence-corrected chi connectivity index (χ2v) is 7.36. The first-order chi connectivity index (χ1) is 9.07. The third-order valence-electron chi connectivity index (χ3n) is 3.61. The summed E-state index contributed by atoms with van der Waals surface area (Å²) >= 11 is 0. The van der Waals surface area contributed by atoms with E-state index in [0.29, 0.717) is 26.2 Å². The summed E-state index contributed by atoms with van der Waals surface area (Å²) in [6.45, 7) is 4.38. The minimum Gasteiger partial charge on any atom is -0.353 e. The molecule has 2 fully saturated rings. The predicted octanol–water partition coefficient (Wildman–Crippen LogP) is 0.399. The summed E-state index contributed by atoms with van der Waals surface area (Å²) in [6, 6.07) is 0. The summed E-state index contributed by atoms with van der Waals surface area (Å²) in [4.78, 5) is 10.7. The van der Waals surface area contributed by atoms with Crippen molar-refractivity contribution in [3.63, 3.8) is 0 Å². The lowest BCUT2D eigenvalue weighted by Crippen LogP contribution is -2.49. The van der Waals surface area contributed by atoms with E-state index in [1.807, 2.05) is 6.92 Å².